The van der Waals surface area contributed by atoms with E-state index in [9.17, 15) is 9.59 Å². The van der Waals surface area contributed by atoms with Crippen LogP contribution in [0.4, 0.5) is 5.69 Å². The van der Waals surface area contributed by atoms with E-state index in [-0.39, 0.29) is 11.7 Å². The molecule has 0 atom stereocenters. The molecule has 1 aliphatic heterocycles. The van der Waals surface area contributed by atoms with Crippen LogP contribution in [0.2, 0.25) is 0 Å². The second kappa shape index (κ2) is 6.10. The van der Waals surface area contributed by atoms with Gasteiger partial charge in [-0.1, -0.05) is 12.1 Å². The van der Waals surface area contributed by atoms with Gasteiger partial charge in [0, 0.05) is 17.2 Å². The molecule has 0 unspecified atom stereocenters. The molecule has 1 aromatic carbocycles. The fourth-order valence-corrected chi connectivity index (χ4v) is 3.57. The fourth-order valence-electron chi connectivity index (χ4n) is 1.81. The molecule has 0 aliphatic carbocycles. The Morgan fingerprint density at radius 1 is 1.40 bits per heavy atom. The number of thioether (sulfide) groups is 2. The van der Waals surface area contributed by atoms with Crippen LogP contribution >= 0.6 is 23.5 Å². The van der Waals surface area contributed by atoms with Crippen molar-refractivity contribution in [2.24, 2.45) is 0 Å². The molecule has 0 fully saturated rings. The zero-order valence-electron chi connectivity index (χ0n) is 11.5. The molecule has 0 saturated heterocycles. The Balaban J connectivity index is 2.06. The summed E-state index contributed by atoms with van der Waals surface area (Å²) in [6, 6.07) is 7.82. The van der Waals surface area contributed by atoms with E-state index in [1.807, 2.05) is 24.3 Å². The molecule has 0 radical (unpaired) electrons. The van der Waals surface area contributed by atoms with Crippen LogP contribution in [0.1, 0.15) is 13.8 Å². The summed E-state index contributed by atoms with van der Waals surface area (Å²) >= 11 is 2.91. The zero-order valence-corrected chi connectivity index (χ0v) is 13.1. The van der Waals surface area contributed by atoms with Gasteiger partial charge in [0.2, 0.25) is 5.91 Å². The normalized spacial score (nSPS) is 14.8. The predicted molar refractivity (Wildman–Crippen MR) is 83.7 cm³/mol. The number of aliphatic carboxylic acids is 1. The molecule has 108 valence electrons. The Labute approximate surface area is 126 Å². The number of anilines is 1. The maximum absolute atomic E-state index is 12.3. The van der Waals surface area contributed by atoms with Crippen molar-refractivity contribution >= 4 is 41.1 Å². The van der Waals surface area contributed by atoms with Gasteiger partial charge >= 0.3 is 5.97 Å². The van der Waals surface area contributed by atoms with Crippen LogP contribution in [-0.2, 0) is 9.59 Å². The molecule has 4 nitrogen and oxygen atoms in total. The van der Waals surface area contributed by atoms with E-state index in [0.717, 1.165) is 16.3 Å². The third-order valence-electron chi connectivity index (χ3n) is 3.10. The van der Waals surface area contributed by atoms with Crippen molar-refractivity contribution in [3.05, 3.63) is 24.3 Å². The summed E-state index contributed by atoms with van der Waals surface area (Å²) in [5, 5.41) is 9.07. The minimum absolute atomic E-state index is 0.0305. The largest absolute Gasteiger partial charge is 0.480 e. The van der Waals surface area contributed by atoms with Gasteiger partial charge in [-0.3, -0.25) is 9.59 Å². The van der Waals surface area contributed by atoms with Gasteiger partial charge < -0.3 is 10.0 Å². The average Bonchev–Trinajstić information content (AvgIpc) is 2.44. The van der Waals surface area contributed by atoms with Crippen LogP contribution in [0.5, 0.6) is 0 Å². The van der Waals surface area contributed by atoms with Gasteiger partial charge in [-0.25, -0.2) is 0 Å². The smallest absolute Gasteiger partial charge is 0.319 e. The summed E-state index contributed by atoms with van der Waals surface area (Å²) in [6.07, 6.45) is 0. The van der Waals surface area contributed by atoms with E-state index < -0.39 is 10.7 Å². The summed E-state index contributed by atoms with van der Waals surface area (Å²) in [5.74, 6) is 0.121. The molecule has 1 aliphatic rings. The van der Waals surface area contributed by atoms with Gasteiger partial charge in [0.05, 0.1) is 11.4 Å². The van der Waals surface area contributed by atoms with E-state index in [1.54, 1.807) is 30.5 Å². The number of carboxylic acids is 1. The maximum atomic E-state index is 12.3. The van der Waals surface area contributed by atoms with E-state index in [2.05, 4.69) is 0 Å². The Bertz CT molecular complexity index is 531. The van der Waals surface area contributed by atoms with Gasteiger partial charge in [-0.15, -0.1) is 23.5 Å². The SMILES string of the molecule is CC(C)(SCC(=O)N1CCSc2ccccc21)C(=O)O. The number of hydrogen-bond acceptors (Lipinski definition) is 4. The van der Waals surface area contributed by atoms with Gasteiger partial charge in [0.15, 0.2) is 0 Å². The van der Waals surface area contributed by atoms with E-state index in [0.29, 0.717) is 6.54 Å². The third kappa shape index (κ3) is 3.30. The predicted octanol–water partition coefficient (Wildman–Crippen LogP) is 2.72. The number of nitrogens with zero attached hydrogens (tertiary/aromatic N) is 1. The van der Waals surface area contributed by atoms with Gasteiger partial charge in [-0.05, 0) is 26.0 Å². The van der Waals surface area contributed by atoms with Crippen molar-refractivity contribution in [2.75, 3.05) is 23.0 Å². The molecule has 20 heavy (non-hydrogen) atoms. The molecule has 1 heterocycles. The first kappa shape index (κ1) is 15.3. The highest BCUT2D eigenvalue weighted by atomic mass is 32.2. The fraction of sp³-hybridized carbons (Fsp3) is 0.429. The number of fused-ring (bicyclic) bond motifs is 1. The number of carbonyl (C=O) groups is 2. The van der Waals surface area contributed by atoms with Crippen molar-refractivity contribution in [3.8, 4) is 0 Å². The molecule has 1 aromatic rings. The Morgan fingerprint density at radius 2 is 2.10 bits per heavy atom. The lowest BCUT2D eigenvalue weighted by Gasteiger charge is -2.29. The molecule has 6 heteroatoms. The average molecular weight is 311 g/mol. The molecule has 0 bridgehead atoms. The van der Waals surface area contributed by atoms with E-state index in [4.69, 9.17) is 5.11 Å². The number of carbonyl (C=O) groups excluding carboxylic acids is 1. The number of rotatable bonds is 4. The zero-order chi connectivity index (χ0) is 14.8. The standard InChI is InChI=1S/C14H17NO3S2/c1-14(2,13(17)18)20-9-12(16)15-7-8-19-11-6-4-3-5-10(11)15/h3-6H,7-9H2,1-2H3,(H,17,18). The van der Waals surface area contributed by atoms with Gasteiger partial charge in [-0.2, -0.15) is 0 Å². The van der Waals surface area contributed by atoms with Crippen LogP contribution in [0.3, 0.4) is 0 Å². The van der Waals surface area contributed by atoms with Crippen LogP contribution in [0, 0.1) is 0 Å². The first-order chi connectivity index (χ1) is 9.42. The van der Waals surface area contributed by atoms with Crippen molar-refractivity contribution in [1.82, 2.24) is 0 Å². The Kier molecular flexibility index (Phi) is 4.65. The maximum Gasteiger partial charge on any atom is 0.319 e. The first-order valence-electron chi connectivity index (χ1n) is 6.31. The highest BCUT2D eigenvalue weighted by Gasteiger charge is 2.30. The second-order valence-corrected chi connectivity index (χ2v) is 7.70. The summed E-state index contributed by atoms with van der Waals surface area (Å²) in [7, 11) is 0. The number of carboxylic acid groups (broad SMARTS) is 1. The molecule has 1 N–H and O–H groups in total. The van der Waals surface area contributed by atoms with Crippen molar-refractivity contribution in [2.45, 2.75) is 23.5 Å². The summed E-state index contributed by atoms with van der Waals surface area (Å²) in [5.41, 5.74) is 0.933. The van der Waals surface area contributed by atoms with Crippen LogP contribution < -0.4 is 4.90 Å². The third-order valence-corrected chi connectivity index (χ3v) is 5.43. The second-order valence-electron chi connectivity index (χ2n) is 4.97. The lowest BCUT2D eigenvalue weighted by atomic mass is 10.2. The number of para-hydroxylation sites is 1. The van der Waals surface area contributed by atoms with Crippen LogP contribution in [0.25, 0.3) is 0 Å². The van der Waals surface area contributed by atoms with E-state index in [1.165, 1.54) is 11.8 Å². The van der Waals surface area contributed by atoms with Crippen LogP contribution in [-0.4, -0.2) is 39.8 Å². The molecule has 0 aromatic heterocycles. The van der Waals surface area contributed by atoms with Gasteiger partial charge in [0.25, 0.3) is 0 Å². The topological polar surface area (TPSA) is 57.6 Å². The van der Waals surface area contributed by atoms with Gasteiger partial charge in [0.1, 0.15) is 4.75 Å². The molecule has 0 spiro atoms. The lowest BCUT2D eigenvalue weighted by Crippen LogP contribution is -2.38. The minimum Gasteiger partial charge on any atom is -0.480 e. The number of hydrogen-bond donors (Lipinski definition) is 1. The summed E-state index contributed by atoms with van der Waals surface area (Å²) in [6.45, 7) is 3.91. The lowest BCUT2D eigenvalue weighted by molar-refractivity contribution is -0.138. The highest BCUT2D eigenvalue weighted by Crippen LogP contribution is 2.35. The molecule has 0 saturated carbocycles. The van der Waals surface area contributed by atoms with Crippen molar-refractivity contribution in [3.63, 3.8) is 0 Å². The summed E-state index contributed by atoms with van der Waals surface area (Å²) < 4.78 is -0.945. The highest BCUT2D eigenvalue weighted by molar-refractivity contribution is 8.02. The monoisotopic (exact) mass is 311 g/mol. The number of benzene rings is 1. The van der Waals surface area contributed by atoms with Crippen molar-refractivity contribution in [1.29, 1.82) is 0 Å². The van der Waals surface area contributed by atoms with Crippen LogP contribution in [0.15, 0.2) is 29.2 Å². The van der Waals surface area contributed by atoms with Crippen molar-refractivity contribution < 1.29 is 14.7 Å². The van der Waals surface area contributed by atoms with E-state index >= 15 is 0 Å². The quantitative estimate of drug-likeness (QED) is 0.926. The Hall–Kier alpha value is -1.14. The molecular weight excluding hydrogens is 294 g/mol. The number of amides is 1. The first-order valence-corrected chi connectivity index (χ1v) is 8.28. The Morgan fingerprint density at radius 3 is 2.80 bits per heavy atom. The molecular formula is C14H17NO3S2. The minimum atomic E-state index is -0.945. The molecule has 2 rings (SSSR count). The molecule has 1 amide bonds. The summed E-state index contributed by atoms with van der Waals surface area (Å²) in [4.78, 5) is 26.3.